The van der Waals surface area contributed by atoms with E-state index in [1.165, 1.54) is 6.92 Å². The quantitative estimate of drug-likeness (QED) is 0.766. The Hall–Kier alpha value is -2.29. The summed E-state index contributed by atoms with van der Waals surface area (Å²) in [5.41, 5.74) is 5.52. The van der Waals surface area contributed by atoms with Crippen LogP contribution in [0, 0.1) is 0 Å². The number of nitrogens with zero attached hydrogens (tertiary/aromatic N) is 3. The summed E-state index contributed by atoms with van der Waals surface area (Å²) in [6.07, 6.45) is 0. The largest absolute Gasteiger partial charge is 0.379 e. The molecule has 8 nitrogen and oxygen atoms in total. The summed E-state index contributed by atoms with van der Waals surface area (Å²) in [4.78, 5) is 26.5. The van der Waals surface area contributed by atoms with E-state index in [2.05, 4.69) is 25.2 Å². The normalized spacial score (nSPS) is 10.2. The molecule has 0 aromatic carbocycles. The van der Waals surface area contributed by atoms with E-state index in [4.69, 9.17) is 5.73 Å². The van der Waals surface area contributed by atoms with Gasteiger partial charge in [0.15, 0.2) is 10.9 Å². The molecule has 0 aliphatic heterocycles. The fourth-order valence-electron chi connectivity index (χ4n) is 1.00. The van der Waals surface area contributed by atoms with Gasteiger partial charge in [0.05, 0.1) is 0 Å². The zero-order valence-electron chi connectivity index (χ0n) is 8.63. The van der Waals surface area contributed by atoms with E-state index in [0.717, 1.165) is 11.3 Å². The molecule has 2 aromatic heterocycles. The van der Waals surface area contributed by atoms with Gasteiger partial charge in [0, 0.05) is 12.3 Å². The molecule has 88 valence electrons. The molecule has 0 saturated carbocycles. The van der Waals surface area contributed by atoms with Crippen LogP contribution < -0.4 is 11.1 Å². The first-order valence-corrected chi connectivity index (χ1v) is 5.31. The van der Waals surface area contributed by atoms with Crippen molar-refractivity contribution in [3.63, 3.8) is 0 Å². The molecule has 0 radical (unpaired) electrons. The van der Waals surface area contributed by atoms with Crippen LogP contribution in [0.4, 0.5) is 10.9 Å². The maximum atomic E-state index is 11.6. The van der Waals surface area contributed by atoms with Crippen LogP contribution >= 0.6 is 11.3 Å². The van der Waals surface area contributed by atoms with Gasteiger partial charge in [-0.3, -0.25) is 14.9 Å². The Labute approximate surface area is 98.8 Å². The summed E-state index contributed by atoms with van der Waals surface area (Å²) in [6.45, 7) is 1.39. The van der Waals surface area contributed by atoms with Crippen LogP contribution in [0.2, 0.25) is 0 Å². The molecule has 0 aliphatic rings. The van der Waals surface area contributed by atoms with E-state index < -0.39 is 5.91 Å². The van der Waals surface area contributed by atoms with Gasteiger partial charge in [0.2, 0.25) is 11.5 Å². The molecule has 0 spiro atoms. The molecule has 9 heteroatoms. The SMILES string of the molecule is CC(=O)c1csc(NC(=O)c2nonc2N)n1. The second-order valence-electron chi connectivity index (χ2n) is 3.05. The average molecular weight is 253 g/mol. The minimum Gasteiger partial charge on any atom is -0.379 e. The van der Waals surface area contributed by atoms with E-state index in [9.17, 15) is 9.59 Å². The third-order valence-electron chi connectivity index (χ3n) is 1.81. The van der Waals surface area contributed by atoms with Crippen molar-refractivity contribution in [2.45, 2.75) is 6.92 Å². The van der Waals surface area contributed by atoms with Gasteiger partial charge < -0.3 is 5.73 Å². The zero-order chi connectivity index (χ0) is 12.4. The first-order valence-electron chi connectivity index (χ1n) is 4.44. The predicted octanol–water partition coefficient (Wildman–Crippen LogP) is 0.563. The molecule has 1 amide bonds. The monoisotopic (exact) mass is 253 g/mol. The molecule has 0 saturated heterocycles. The summed E-state index contributed by atoms with van der Waals surface area (Å²) in [6, 6.07) is 0. The highest BCUT2D eigenvalue weighted by atomic mass is 32.1. The lowest BCUT2D eigenvalue weighted by Crippen LogP contribution is -2.14. The van der Waals surface area contributed by atoms with Gasteiger partial charge in [-0.2, -0.15) is 0 Å². The predicted molar refractivity (Wildman–Crippen MR) is 58.8 cm³/mol. The number of carbonyl (C=O) groups excluding carboxylic acids is 2. The first kappa shape index (κ1) is 11.2. The van der Waals surface area contributed by atoms with E-state index in [0.29, 0.717) is 0 Å². The molecule has 17 heavy (non-hydrogen) atoms. The molecule has 2 heterocycles. The van der Waals surface area contributed by atoms with Crippen molar-refractivity contribution in [3.05, 3.63) is 16.8 Å². The number of nitrogen functional groups attached to an aromatic ring is 1. The van der Waals surface area contributed by atoms with Gasteiger partial charge in [0.25, 0.3) is 5.91 Å². The van der Waals surface area contributed by atoms with Crippen LogP contribution in [-0.4, -0.2) is 27.0 Å². The van der Waals surface area contributed by atoms with Crippen LogP contribution in [0.1, 0.15) is 27.9 Å². The third kappa shape index (κ3) is 2.28. The fourth-order valence-corrected chi connectivity index (χ4v) is 1.75. The van der Waals surface area contributed by atoms with Crippen molar-refractivity contribution in [2.75, 3.05) is 11.1 Å². The van der Waals surface area contributed by atoms with Gasteiger partial charge in [-0.15, -0.1) is 11.3 Å². The molecule has 0 bridgehead atoms. The van der Waals surface area contributed by atoms with E-state index in [-0.39, 0.29) is 28.1 Å². The maximum absolute atomic E-state index is 11.6. The molecule has 0 aliphatic carbocycles. The van der Waals surface area contributed by atoms with Crippen molar-refractivity contribution in [1.82, 2.24) is 15.3 Å². The van der Waals surface area contributed by atoms with Gasteiger partial charge in [-0.25, -0.2) is 9.61 Å². The Morgan fingerprint density at radius 2 is 2.24 bits per heavy atom. The number of amides is 1. The summed E-state index contributed by atoms with van der Waals surface area (Å²) < 4.78 is 4.29. The standard InChI is InChI=1S/C8H7N5O3S/c1-3(14)4-2-17-8(10-4)11-7(15)5-6(9)13-16-12-5/h2H,1H3,(H2,9,13)(H,10,11,15). The summed E-state index contributed by atoms with van der Waals surface area (Å²) in [7, 11) is 0. The lowest BCUT2D eigenvalue weighted by atomic mass is 10.4. The van der Waals surface area contributed by atoms with Gasteiger partial charge in [0.1, 0.15) is 5.69 Å². The lowest BCUT2D eigenvalue weighted by molar-refractivity contribution is 0.1000. The Morgan fingerprint density at radius 3 is 2.76 bits per heavy atom. The van der Waals surface area contributed by atoms with Gasteiger partial charge >= 0.3 is 0 Å². The molecule has 3 N–H and O–H groups in total. The van der Waals surface area contributed by atoms with Crippen LogP contribution in [0.5, 0.6) is 0 Å². The first-order chi connectivity index (χ1) is 8.08. The molecule has 0 atom stereocenters. The smallest absolute Gasteiger partial charge is 0.283 e. The van der Waals surface area contributed by atoms with Crippen LogP contribution in [0.15, 0.2) is 10.0 Å². The number of aromatic nitrogens is 3. The van der Waals surface area contributed by atoms with Crippen molar-refractivity contribution >= 4 is 34.0 Å². The number of carbonyl (C=O) groups is 2. The van der Waals surface area contributed by atoms with E-state index >= 15 is 0 Å². The highest BCUT2D eigenvalue weighted by Gasteiger charge is 2.17. The fraction of sp³-hybridized carbons (Fsp3) is 0.125. The minimum absolute atomic E-state index is 0.106. The Balaban J connectivity index is 2.13. The van der Waals surface area contributed by atoms with Crippen molar-refractivity contribution in [2.24, 2.45) is 0 Å². The number of hydrogen-bond donors (Lipinski definition) is 2. The summed E-state index contributed by atoms with van der Waals surface area (Å²) in [5, 5.41) is 10.9. The second-order valence-corrected chi connectivity index (χ2v) is 3.90. The number of nitrogens with two attached hydrogens (primary N) is 1. The van der Waals surface area contributed by atoms with Crippen molar-refractivity contribution in [3.8, 4) is 0 Å². The molecule has 2 aromatic rings. The topological polar surface area (TPSA) is 124 Å². The van der Waals surface area contributed by atoms with E-state index in [1.807, 2.05) is 0 Å². The zero-order valence-corrected chi connectivity index (χ0v) is 9.45. The molecule has 2 rings (SSSR count). The average Bonchev–Trinajstić information content (AvgIpc) is 2.86. The Morgan fingerprint density at radius 1 is 1.47 bits per heavy atom. The second kappa shape index (κ2) is 4.29. The van der Waals surface area contributed by atoms with Gasteiger partial charge in [-0.05, 0) is 10.3 Å². The van der Waals surface area contributed by atoms with Crippen molar-refractivity contribution < 1.29 is 14.2 Å². The lowest BCUT2D eigenvalue weighted by Gasteiger charge is -1.96. The number of ketones is 1. The van der Waals surface area contributed by atoms with E-state index in [1.54, 1.807) is 5.38 Å². The molecular weight excluding hydrogens is 246 g/mol. The maximum Gasteiger partial charge on any atom is 0.283 e. The molecular formula is C8H7N5O3S. The highest BCUT2D eigenvalue weighted by molar-refractivity contribution is 7.14. The number of Topliss-reactive ketones (excluding diaryl/α,β-unsaturated/α-hetero) is 1. The Kier molecular flexibility index (Phi) is 2.83. The number of nitrogens with one attached hydrogen (secondary N) is 1. The third-order valence-corrected chi connectivity index (χ3v) is 2.57. The number of anilines is 2. The van der Waals surface area contributed by atoms with Gasteiger partial charge in [-0.1, -0.05) is 0 Å². The van der Waals surface area contributed by atoms with Crippen LogP contribution in [-0.2, 0) is 0 Å². The molecule has 0 fully saturated rings. The van der Waals surface area contributed by atoms with Crippen LogP contribution in [0.25, 0.3) is 0 Å². The summed E-state index contributed by atoms with van der Waals surface area (Å²) >= 11 is 1.13. The van der Waals surface area contributed by atoms with Crippen molar-refractivity contribution in [1.29, 1.82) is 0 Å². The molecule has 0 unspecified atom stereocenters. The highest BCUT2D eigenvalue weighted by Crippen LogP contribution is 2.17. The summed E-state index contributed by atoms with van der Waals surface area (Å²) in [5.74, 6) is -0.872. The number of thiazole rings is 1. The van der Waals surface area contributed by atoms with Crippen LogP contribution in [0.3, 0.4) is 0 Å². The number of rotatable bonds is 3. The Bertz CT molecular complexity index is 575. The minimum atomic E-state index is -0.590. The number of hydrogen-bond acceptors (Lipinski definition) is 8.